The van der Waals surface area contributed by atoms with Gasteiger partial charge in [0.1, 0.15) is 5.75 Å². The van der Waals surface area contributed by atoms with Gasteiger partial charge in [0.2, 0.25) is 11.8 Å². The summed E-state index contributed by atoms with van der Waals surface area (Å²) in [6.45, 7) is 0.304. The summed E-state index contributed by atoms with van der Waals surface area (Å²) in [5.41, 5.74) is 1.50. The Morgan fingerprint density at radius 2 is 2.15 bits per heavy atom. The summed E-state index contributed by atoms with van der Waals surface area (Å²) in [4.78, 5) is 31.0. The molecule has 0 spiro atoms. The smallest absolute Gasteiger partial charge is 0.231 e. The van der Waals surface area contributed by atoms with Gasteiger partial charge in [0.05, 0.1) is 28.3 Å². The second kappa shape index (κ2) is 7.17. The zero-order valence-corrected chi connectivity index (χ0v) is 16.0. The summed E-state index contributed by atoms with van der Waals surface area (Å²) >= 11 is 7.57. The first-order valence-electron chi connectivity index (χ1n) is 8.35. The SMILES string of the molecule is COc1ccc(N2C[C@H](C(=O)Nc3nc4ccccc4s3)CC2=O)cc1Cl. The van der Waals surface area contributed by atoms with Crippen molar-refractivity contribution in [2.24, 2.45) is 5.92 Å². The average molecular weight is 402 g/mol. The fourth-order valence-corrected chi connectivity index (χ4v) is 4.21. The van der Waals surface area contributed by atoms with E-state index in [1.165, 1.54) is 18.4 Å². The van der Waals surface area contributed by atoms with Gasteiger partial charge in [-0.2, -0.15) is 0 Å². The van der Waals surface area contributed by atoms with Crippen LogP contribution in [0.2, 0.25) is 5.02 Å². The van der Waals surface area contributed by atoms with Crippen LogP contribution in [0.5, 0.6) is 5.75 Å². The minimum atomic E-state index is -0.439. The number of methoxy groups -OCH3 is 1. The van der Waals surface area contributed by atoms with Gasteiger partial charge in [0, 0.05) is 18.7 Å². The van der Waals surface area contributed by atoms with Crippen molar-refractivity contribution in [3.63, 3.8) is 0 Å². The topological polar surface area (TPSA) is 71.5 Å². The molecular weight excluding hydrogens is 386 g/mol. The molecule has 6 nitrogen and oxygen atoms in total. The van der Waals surface area contributed by atoms with E-state index in [0.29, 0.717) is 28.1 Å². The maximum absolute atomic E-state index is 12.6. The fraction of sp³-hybridized carbons (Fsp3) is 0.211. The molecule has 0 saturated carbocycles. The molecule has 2 aromatic carbocycles. The molecule has 1 atom stereocenters. The van der Waals surface area contributed by atoms with Crippen LogP contribution in [0.4, 0.5) is 10.8 Å². The summed E-state index contributed by atoms with van der Waals surface area (Å²) in [5.74, 6) is -0.215. The van der Waals surface area contributed by atoms with Crippen molar-refractivity contribution < 1.29 is 14.3 Å². The normalized spacial score (nSPS) is 16.7. The minimum Gasteiger partial charge on any atom is -0.495 e. The Kier molecular flexibility index (Phi) is 4.72. The van der Waals surface area contributed by atoms with E-state index in [0.717, 1.165) is 10.2 Å². The number of hydrogen-bond acceptors (Lipinski definition) is 5. The summed E-state index contributed by atoms with van der Waals surface area (Å²) in [6, 6.07) is 12.8. The van der Waals surface area contributed by atoms with Gasteiger partial charge in [0.25, 0.3) is 0 Å². The van der Waals surface area contributed by atoms with Crippen LogP contribution >= 0.6 is 22.9 Å². The van der Waals surface area contributed by atoms with Crippen molar-refractivity contribution >= 4 is 55.8 Å². The molecule has 0 unspecified atom stereocenters. The number of nitrogens with one attached hydrogen (secondary N) is 1. The van der Waals surface area contributed by atoms with E-state index in [4.69, 9.17) is 16.3 Å². The molecule has 0 aliphatic carbocycles. The van der Waals surface area contributed by atoms with Gasteiger partial charge >= 0.3 is 0 Å². The highest BCUT2D eigenvalue weighted by atomic mass is 35.5. The van der Waals surface area contributed by atoms with Crippen molar-refractivity contribution in [2.45, 2.75) is 6.42 Å². The quantitative estimate of drug-likeness (QED) is 0.718. The number of fused-ring (bicyclic) bond motifs is 1. The van der Waals surface area contributed by atoms with Crippen LogP contribution in [0.15, 0.2) is 42.5 Å². The lowest BCUT2D eigenvalue weighted by atomic mass is 10.1. The molecular formula is C19H16ClN3O3S. The first-order chi connectivity index (χ1) is 13.0. The molecule has 1 aromatic heterocycles. The number of para-hydroxylation sites is 1. The molecule has 4 rings (SSSR count). The number of amides is 2. The van der Waals surface area contributed by atoms with Crippen LogP contribution < -0.4 is 15.0 Å². The highest BCUT2D eigenvalue weighted by Gasteiger charge is 2.35. The molecule has 1 fully saturated rings. The van der Waals surface area contributed by atoms with Gasteiger partial charge in [-0.15, -0.1) is 0 Å². The number of benzene rings is 2. The molecule has 0 bridgehead atoms. The Morgan fingerprint density at radius 1 is 1.33 bits per heavy atom. The van der Waals surface area contributed by atoms with Crippen molar-refractivity contribution in [3.8, 4) is 5.75 Å². The zero-order valence-electron chi connectivity index (χ0n) is 14.4. The second-order valence-electron chi connectivity index (χ2n) is 6.20. The number of nitrogens with zero attached hydrogens (tertiary/aromatic N) is 2. The highest BCUT2D eigenvalue weighted by molar-refractivity contribution is 7.22. The van der Waals surface area contributed by atoms with Crippen molar-refractivity contribution in [1.82, 2.24) is 4.98 Å². The third-order valence-corrected chi connectivity index (χ3v) is 5.71. The molecule has 1 aliphatic heterocycles. The van der Waals surface area contributed by atoms with E-state index in [1.54, 1.807) is 23.1 Å². The van der Waals surface area contributed by atoms with Crippen LogP contribution in [-0.4, -0.2) is 30.5 Å². The maximum Gasteiger partial charge on any atom is 0.231 e. The number of hydrogen-bond donors (Lipinski definition) is 1. The van der Waals surface area contributed by atoms with E-state index >= 15 is 0 Å². The van der Waals surface area contributed by atoms with Crippen LogP contribution in [0, 0.1) is 5.92 Å². The Bertz CT molecular complexity index is 1000. The van der Waals surface area contributed by atoms with Gasteiger partial charge in [-0.3, -0.25) is 9.59 Å². The predicted molar refractivity (Wildman–Crippen MR) is 107 cm³/mol. The third-order valence-electron chi connectivity index (χ3n) is 4.47. The lowest BCUT2D eigenvalue weighted by Gasteiger charge is -2.17. The fourth-order valence-electron chi connectivity index (χ4n) is 3.09. The molecule has 27 heavy (non-hydrogen) atoms. The molecule has 8 heteroatoms. The summed E-state index contributed by atoms with van der Waals surface area (Å²) in [6.07, 6.45) is 0.153. The predicted octanol–water partition coefficient (Wildman–Crippen LogP) is 3.95. The van der Waals surface area contributed by atoms with E-state index in [1.807, 2.05) is 24.3 Å². The van der Waals surface area contributed by atoms with E-state index in [9.17, 15) is 9.59 Å². The lowest BCUT2D eigenvalue weighted by Crippen LogP contribution is -2.28. The monoisotopic (exact) mass is 401 g/mol. The first kappa shape index (κ1) is 17.8. The first-order valence-corrected chi connectivity index (χ1v) is 9.55. The summed E-state index contributed by atoms with van der Waals surface area (Å²) in [7, 11) is 1.53. The molecule has 1 saturated heterocycles. The number of halogens is 1. The summed E-state index contributed by atoms with van der Waals surface area (Å²) in [5, 5.41) is 3.80. The van der Waals surface area contributed by atoms with Crippen molar-refractivity contribution in [3.05, 3.63) is 47.5 Å². The molecule has 1 N–H and O–H groups in total. The zero-order chi connectivity index (χ0) is 19.0. The standard InChI is InChI=1S/C19H16ClN3O3S/c1-26-15-7-6-12(9-13(15)20)23-10-11(8-17(23)24)18(25)22-19-21-14-4-2-3-5-16(14)27-19/h2-7,9,11H,8,10H2,1H3,(H,21,22,25)/t11-/m1/s1. The molecule has 2 heterocycles. The molecule has 3 aromatic rings. The number of rotatable bonds is 4. The number of aromatic nitrogens is 1. The lowest BCUT2D eigenvalue weighted by molar-refractivity contribution is -0.122. The molecule has 138 valence electrons. The van der Waals surface area contributed by atoms with Gasteiger partial charge in [0.15, 0.2) is 5.13 Å². The van der Waals surface area contributed by atoms with Gasteiger partial charge < -0.3 is 15.0 Å². The maximum atomic E-state index is 12.6. The minimum absolute atomic E-state index is 0.110. The van der Waals surface area contributed by atoms with E-state index in [-0.39, 0.29) is 18.2 Å². The third kappa shape index (κ3) is 3.48. The average Bonchev–Trinajstić information content (AvgIpc) is 3.24. The number of thiazole rings is 1. The van der Waals surface area contributed by atoms with E-state index in [2.05, 4.69) is 10.3 Å². The Labute approximate surface area is 164 Å². The summed E-state index contributed by atoms with van der Waals surface area (Å²) < 4.78 is 6.14. The highest BCUT2D eigenvalue weighted by Crippen LogP contribution is 2.33. The largest absolute Gasteiger partial charge is 0.495 e. The Balaban J connectivity index is 1.48. The van der Waals surface area contributed by atoms with Crippen molar-refractivity contribution in [2.75, 3.05) is 23.9 Å². The van der Waals surface area contributed by atoms with E-state index < -0.39 is 5.92 Å². The van der Waals surface area contributed by atoms with Crippen LogP contribution in [0.1, 0.15) is 6.42 Å². The number of anilines is 2. The Morgan fingerprint density at radius 3 is 2.89 bits per heavy atom. The van der Waals surface area contributed by atoms with Crippen LogP contribution in [0.3, 0.4) is 0 Å². The molecule has 0 radical (unpaired) electrons. The Hall–Kier alpha value is -2.64. The molecule has 1 aliphatic rings. The number of carbonyl (C=O) groups is 2. The van der Waals surface area contributed by atoms with Gasteiger partial charge in [-0.25, -0.2) is 4.98 Å². The second-order valence-corrected chi connectivity index (χ2v) is 7.64. The van der Waals surface area contributed by atoms with Crippen LogP contribution in [-0.2, 0) is 9.59 Å². The van der Waals surface area contributed by atoms with Gasteiger partial charge in [-0.1, -0.05) is 35.1 Å². The number of carbonyl (C=O) groups excluding carboxylic acids is 2. The molecule has 2 amide bonds. The van der Waals surface area contributed by atoms with Gasteiger partial charge in [-0.05, 0) is 30.3 Å². The van der Waals surface area contributed by atoms with Crippen LogP contribution in [0.25, 0.3) is 10.2 Å². The van der Waals surface area contributed by atoms with Crippen molar-refractivity contribution in [1.29, 1.82) is 0 Å². The number of ether oxygens (including phenoxy) is 1.